The molecule has 0 aromatic carbocycles. The van der Waals surface area contributed by atoms with Crippen molar-refractivity contribution in [2.45, 2.75) is 12.8 Å². The molecule has 0 aliphatic carbocycles. The molecule has 0 saturated carbocycles. The molecule has 0 spiro atoms. The SMILES string of the molecule is Cc1csc(C(=O)N2CC(c3nc(-c4ccco4)no3)C2)c1. The molecule has 0 N–H and O–H groups in total. The summed E-state index contributed by atoms with van der Waals surface area (Å²) in [7, 11) is 0. The van der Waals surface area contributed by atoms with Crippen LogP contribution in [0.25, 0.3) is 11.6 Å². The van der Waals surface area contributed by atoms with E-state index in [0.717, 1.165) is 10.4 Å². The second-order valence-corrected chi connectivity index (χ2v) is 6.24. The number of amides is 1. The molecule has 1 aliphatic heterocycles. The highest BCUT2D eigenvalue weighted by molar-refractivity contribution is 7.12. The van der Waals surface area contributed by atoms with Crippen molar-refractivity contribution in [3.63, 3.8) is 0 Å². The molecule has 1 aliphatic rings. The number of carbonyl (C=O) groups excluding carboxylic acids is 1. The summed E-state index contributed by atoms with van der Waals surface area (Å²) in [4.78, 5) is 19.2. The van der Waals surface area contributed by atoms with Gasteiger partial charge in [0.05, 0.1) is 17.1 Å². The number of carbonyl (C=O) groups is 1. The van der Waals surface area contributed by atoms with Gasteiger partial charge in [0.2, 0.25) is 11.7 Å². The molecule has 1 saturated heterocycles. The Labute approximate surface area is 130 Å². The van der Waals surface area contributed by atoms with Crippen LogP contribution in [-0.4, -0.2) is 34.0 Å². The maximum absolute atomic E-state index is 12.3. The van der Waals surface area contributed by atoms with Crippen molar-refractivity contribution in [1.29, 1.82) is 0 Å². The van der Waals surface area contributed by atoms with Crippen molar-refractivity contribution >= 4 is 17.2 Å². The maximum atomic E-state index is 12.3. The third kappa shape index (κ3) is 2.23. The molecular weight excluding hydrogens is 302 g/mol. The fraction of sp³-hybridized carbons (Fsp3) is 0.267. The molecule has 0 bridgehead atoms. The second-order valence-electron chi connectivity index (χ2n) is 5.33. The van der Waals surface area contributed by atoms with Gasteiger partial charge in [-0.25, -0.2) is 0 Å². The van der Waals surface area contributed by atoms with Crippen LogP contribution in [0.4, 0.5) is 0 Å². The predicted molar refractivity (Wildman–Crippen MR) is 79.7 cm³/mol. The van der Waals surface area contributed by atoms with Gasteiger partial charge in [0.1, 0.15) is 0 Å². The Hall–Kier alpha value is -2.41. The Morgan fingerprint density at radius 3 is 3.00 bits per heavy atom. The van der Waals surface area contributed by atoms with E-state index >= 15 is 0 Å². The molecule has 0 atom stereocenters. The smallest absolute Gasteiger partial charge is 0.263 e. The van der Waals surface area contributed by atoms with Gasteiger partial charge >= 0.3 is 0 Å². The van der Waals surface area contributed by atoms with Crippen LogP contribution in [0.5, 0.6) is 0 Å². The van der Waals surface area contributed by atoms with E-state index in [1.54, 1.807) is 23.3 Å². The minimum Gasteiger partial charge on any atom is -0.461 e. The van der Waals surface area contributed by atoms with Crippen molar-refractivity contribution in [3.8, 4) is 11.6 Å². The molecule has 1 fully saturated rings. The molecule has 22 heavy (non-hydrogen) atoms. The first-order chi connectivity index (χ1) is 10.7. The lowest BCUT2D eigenvalue weighted by molar-refractivity contribution is 0.0574. The normalized spacial score (nSPS) is 15.0. The molecule has 6 nitrogen and oxygen atoms in total. The van der Waals surface area contributed by atoms with Crippen molar-refractivity contribution in [1.82, 2.24) is 15.0 Å². The summed E-state index contributed by atoms with van der Waals surface area (Å²) in [6.45, 7) is 3.20. The number of likely N-dealkylation sites (tertiary alicyclic amines) is 1. The average molecular weight is 315 g/mol. The zero-order chi connectivity index (χ0) is 15.1. The monoisotopic (exact) mass is 315 g/mol. The van der Waals surface area contributed by atoms with Crippen LogP contribution in [0.15, 0.2) is 38.8 Å². The summed E-state index contributed by atoms with van der Waals surface area (Å²) in [5.41, 5.74) is 1.12. The van der Waals surface area contributed by atoms with Gasteiger partial charge in [0, 0.05) is 13.1 Å². The Kier molecular flexibility index (Phi) is 3.07. The van der Waals surface area contributed by atoms with Gasteiger partial charge in [0.25, 0.3) is 5.91 Å². The van der Waals surface area contributed by atoms with Crippen LogP contribution in [0.1, 0.15) is 27.0 Å². The van der Waals surface area contributed by atoms with Gasteiger partial charge < -0.3 is 13.8 Å². The lowest BCUT2D eigenvalue weighted by Crippen LogP contribution is -2.48. The van der Waals surface area contributed by atoms with E-state index in [9.17, 15) is 4.79 Å². The Bertz CT molecular complexity index is 800. The molecule has 3 aromatic rings. The van der Waals surface area contributed by atoms with E-state index in [1.165, 1.54) is 11.3 Å². The van der Waals surface area contributed by atoms with Crippen LogP contribution in [0.3, 0.4) is 0 Å². The minimum atomic E-state index is 0.0696. The lowest BCUT2D eigenvalue weighted by Gasteiger charge is -2.36. The van der Waals surface area contributed by atoms with E-state index in [0.29, 0.717) is 30.6 Å². The highest BCUT2D eigenvalue weighted by Crippen LogP contribution is 2.29. The quantitative estimate of drug-likeness (QED) is 0.743. The summed E-state index contributed by atoms with van der Waals surface area (Å²) < 4.78 is 10.5. The molecule has 112 valence electrons. The van der Waals surface area contributed by atoms with E-state index in [1.807, 2.05) is 18.4 Å². The molecule has 3 aromatic heterocycles. The van der Waals surface area contributed by atoms with Crippen molar-refractivity contribution in [2.75, 3.05) is 13.1 Å². The molecule has 4 rings (SSSR count). The van der Waals surface area contributed by atoms with Gasteiger partial charge in [-0.3, -0.25) is 4.79 Å². The third-order valence-corrected chi connectivity index (χ3v) is 4.68. The fourth-order valence-electron chi connectivity index (χ4n) is 2.41. The van der Waals surface area contributed by atoms with Crippen LogP contribution >= 0.6 is 11.3 Å². The average Bonchev–Trinajstić information content (AvgIpc) is 3.17. The van der Waals surface area contributed by atoms with Crippen molar-refractivity contribution in [3.05, 3.63) is 46.2 Å². The van der Waals surface area contributed by atoms with Gasteiger partial charge in [0.15, 0.2) is 5.76 Å². The number of furan rings is 1. The van der Waals surface area contributed by atoms with Crippen LogP contribution < -0.4 is 0 Å². The predicted octanol–water partition coefficient (Wildman–Crippen LogP) is 2.94. The van der Waals surface area contributed by atoms with E-state index in [-0.39, 0.29) is 11.8 Å². The fourth-order valence-corrected chi connectivity index (χ4v) is 3.27. The number of rotatable bonds is 3. The highest BCUT2D eigenvalue weighted by atomic mass is 32.1. The lowest BCUT2D eigenvalue weighted by atomic mass is 10.00. The summed E-state index contributed by atoms with van der Waals surface area (Å²) in [6, 6.07) is 5.48. The van der Waals surface area contributed by atoms with E-state index in [4.69, 9.17) is 8.94 Å². The zero-order valence-electron chi connectivity index (χ0n) is 11.9. The first kappa shape index (κ1) is 13.3. The molecule has 0 unspecified atom stereocenters. The standard InChI is InChI=1S/C15H13N3O3S/c1-9-5-12(22-8-9)15(19)18-6-10(7-18)14-16-13(17-21-14)11-3-2-4-20-11/h2-5,8,10H,6-7H2,1H3. The first-order valence-corrected chi connectivity index (χ1v) is 7.80. The van der Waals surface area contributed by atoms with Gasteiger partial charge in [-0.1, -0.05) is 5.16 Å². The Balaban J connectivity index is 1.42. The number of hydrogen-bond acceptors (Lipinski definition) is 6. The molecule has 1 amide bonds. The summed E-state index contributed by atoms with van der Waals surface area (Å²) in [6.07, 6.45) is 1.57. The van der Waals surface area contributed by atoms with E-state index in [2.05, 4.69) is 10.1 Å². The number of aromatic nitrogens is 2. The van der Waals surface area contributed by atoms with Gasteiger partial charge in [-0.2, -0.15) is 4.98 Å². The summed E-state index contributed by atoms with van der Waals surface area (Å²) in [5.74, 6) is 1.74. The van der Waals surface area contributed by atoms with Gasteiger partial charge in [-0.05, 0) is 36.1 Å². The van der Waals surface area contributed by atoms with E-state index < -0.39 is 0 Å². The van der Waals surface area contributed by atoms with Crippen molar-refractivity contribution in [2.24, 2.45) is 0 Å². The number of thiophene rings is 1. The van der Waals surface area contributed by atoms with Crippen molar-refractivity contribution < 1.29 is 13.7 Å². The minimum absolute atomic E-state index is 0.0696. The van der Waals surface area contributed by atoms with Crippen LogP contribution in [0, 0.1) is 6.92 Å². The Morgan fingerprint density at radius 1 is 1.45 bits per heavy atom. The summed E-state index contributed by atoms with van der Waals surface area (Å²) >= 11 is 1.48. The van der Waals surface area contributed by atoms with Crippen LogP contribution in [0.2, 0.25) is 0 Å². The number of nitrogens with zero attached hydrogens (tertiary/aromatic N) is 3. The van der Waals surface area contributed by atoms with Crippen LogP contribution in [-0.2, 0) is 0 Å². The molecule has 4 heterocycles. The first-order valence-electron chi connectivity index (χ1n) is 6.92. The Morgan fingerprint density at radius 2 is 2.32 bits per heavy atom. The maximum Gasteiger partial charge on any atom is 0.263 e. The molecule has 0 radical (unpaired) electrons. The van der Waals surface area contributed by atoms with Gasteiger partial charge in [-0.15, -0.1) is 11.3 Å². The number of aryl methyl sites for hydroxylation is 1. The number of hydrogen-bond donors (Lipinski definition) is 0. The third-order valence-electron chi connectivity index (χ3n) is 3.64. The molecular formula is C15H13N3O3S. The zero-order valence-corrected chi connectivity index (χ0v) is 12.7. The molecule has 7 heteroatoms. The largest absolute Gasteiger partial charge is 0.461 e. The summed E-state index contributed by atoms with van der Waals surface area (Å²) in [5, 5.41) is 5.90. The highest BCUT2D eigenvalue weighted by Gasteiger charge is 2.36. The topological polar surface area (TPSA) is 72.4 Å². The second kappa shape index (κ2) is 5.10.